The fourth-order valence-electron chi connectivity index (χ4n) is 2.43. The van der Waals surface area contributed by atoms with E-state index < -0.39 is 0 Å². The van der Waals surface area contributed by atoms with Crippen molar-refractivity contribution in [3.8, 4) is 0 Å². The number of nitrogens with zero attached hydrogens (tertiary/aromatic N) is 3. The highest BCUT2D eigenvalue weighted by Gasteiger charge is 2.10. The summed E-state index contributed by atoms with van der Waals surface area (Å²) in [5.74, 6) is 1.60. The minimum Gasteiger partial charge on any atom is -0.363 e. The molecule has 0 saturated carbocycles. The lowest BCUT2D eigenvalue weighted by molar-refractivity contribution is 0.870. The molecule has 0 aliphatic rings. The Morgan fingerprint density at radius 1 is 1.10 bits per heavy atom. The van der Waals surface area contributed by atoms with Crippen LogP contribution in [0.4, 0.5) is 5.82 Å². The number of hydrogen-bond donors (Lipinski definition) is 1. The third kappa shape index (κ3) is 2.84. The van der Waals surface area contributed by atoms with Crippen molar-refractivity contribution in [3.63, 3.8) is 0 Å². The van der Waals surface area contributed by atoms with Crippen LogP contribution in [0.5, 0.6) is 0 Å². The van der Waals surface area contributed by atoms with E-state index in [1.807, 2.05) is 13.0 Å². The minimum atomic E-state index is 0.176. The second kappa shape index (κ2) is 5.48. The van der Waals surface area contributed by atoms with Crippen molar-refractivity contribution in [1.82, 2.24) is 15.0 Å². The molecule has 1 N–H and O–H groups in total. The highest BCUT2D eigenvalue weighted by molar-refractivity contribution is 5.88. The van der Waals surface area contributed by atoms with Crippen molar-refractivity contribution in [2.45, 2.75) is 26.8 Å². The monoisotopic (exact) mass is 278 g/mol. The van der Waals surface area contributed by atoms with E-state index >= 15 is 0 Å². The maximum absolute atomic E-state index is 4.54. The Labute approximate surface area is 124 Å². The topological polar surface area (TPSA) is 50.7 Å². The lowest BCUT2D eigenvalue weighted by Crippen LogP contribution is -2.09. The first-order chi connectivity index (χ1) is 10.1. The molecule has 1 atom stereocenters. The van der Waals surface area contributed by atoms with Gasteiger partial charge in [0.15, 0.2) is 0 Å². The molecule has 0 fully saturated rings. The number of rotatable bonds is 3. The summed E-state index contributed by atoms with van der Waals surface area (Å²) in [6, 6.07) is 10.6. The Bertz CT molecular complexity index is 783. The van der Waals surface area contributed by atoms with E-state index in [-0.39, 0.29) is 6.04 Å². The molecule has 0 bridgehead atoms. The lowest BCUT2D eigenvalue weighted by atomic mass is 10.1. The number of hydrogen-bond acceptors (Lipinski definition) is 4. The van der Waals surface area contributed by atoms with Crippen LogP contribution in [0.25, 0.3) is 10.9 Å². The number of nitrogens with one attached hydrogen (secondary N) is 1. The Balaban J connectivity index is 1.98. The Morgan fingerprint density at radius 2 is 1.95 bits per heavy atom. The van der Waals surface area contributed by atoms with Gasteiger partial charge in [0, 0.05) is 17.6 Å². The first-order valence-electron chi connectivity index (χ1n) is 7.05. The van der Waals surface area contributed by atoms with Gasteiger partial charge in [-0.3, -0.25) is 4.98 Å². The third-order valence-electron chi connectivity index (χ3n) is 3.51. The zero-order chi connectivity index (χ0) is 14.8. The van der Waals surface area contributed by atoms with Crippen LogP contribution in [0.1, 0.15) is 29.9 Å². The Kier molecular flexibility index (Phi) is 3.52. The number of benzene rings is 1. The van der Waals surface area contributed by atoms with Gasteiger partial charge in [-0.25, -0.2) is 9.97 Å². The van der Waals surface area contributed by atoms with Gasteiger partial charge >= 0.3 is 0 Å². The van der Waals surface area contributed by atoms with Crippen LogP contribution in [0, 0.1) is 13.8 Å². The molecule has 0 aliphatic carbocycles. The van der Waals surface area contributed by atoms with Gasteiger partial charge in [-0.2, -0.15) is 0 Å². The van der Waals surface area contributed by atoms with Gasteiger partial charge in [-0.05, 0) is 32.4 Å². The molecule has 1 aromatic carbocycles. The van der Waals surface area contributed by atoms with Crippen LogP contribution >= 0.6 is 0 Å². The zero-order valence-electron chi connectivity index (χ0n) is 12.5. The molecule has 0 radical (unpaired) electrons. The number of pyridine rings is 1. The van der Waals surface area contributed by atoms with Crippen molar-refractivity contribution in [1.29, 1.82) is 0 Å². The molecular weight excluding hydrogens is 260 g/mol. The average Bonchev–Trinajstić information content (AvgIpc) is 2.47. The van der Waals surface area contributed by atoms with E-state index in [9.17, 15) is 0 Å². The second-order valence-electron chi connectivity index (χ2n) is 5.29. The summed E-state index contributed by atoms with van der Waals surface area (Å²) < 4.78 is 0. The molecule has 0 saturated heterocycles. The predicted molar refractivity (Wildman–Crippen MR) is 85.3 cm³/mol. The van der Waals surface area contributed by atoms with E-state index in [2.05, 4.69) is 58.4 Å². The average molecular weight is 278 g/mol. The van der Waals surface area contributed by atoms with Crippen LogP contribution in [0.3, 0.4) is 0 Å². The number of anilines is 1. The lowest BCUT2D eigenvalue weighted by Gasteiger charge is -2.17. The molecule has 106 valence electrons. The van der Waals surface area contributed by atoms with Gasteiger partial charge in [0.1, 0.15) is 11.6 Å². The summed E-state index contributed by atoms with van der Waals surface area (Å²) in [4.78, 5) is 13.1. The molecule has 21 heavy (non-hydrogen) atoms. The molecule has 3 aromatic rings. The molecule has 2 heterocycles. The molecule has 3 rings (SSSR count). The van der Waals surface area contributed by atoms with E-state index in [0.29, 0.717) is 0 Å². The smallest absolute Gasteiger partial charge is 0.138 e. The van der Waals surface area contributed by atoms with Crippen LogP contribution in [0.15, 0.2) is 42.7 Å². The summed E-state index contributed by atoms with van der Waals surface area (Å²) in [6.45, 7) is 6.14. The molecule has 0 unspecified atom stereocenters. The number of fused-ring (bicyclic) bond motifs is 1. The fraction of sp³-hybridized carbons (Fsp3) is 0.235. The maximum atomic E-state index is 4.54. The molecule has 0 amide bonds. The molecule has 2 aromatic heterocycles. The van der Waals surface area contributed by atoms with E-state index in [1.54, 1.807) is 12.4 Å². The standard InChI is InChI=1S/C17H18N4/c1-11-5-4-6-14(9-11)12(2)19-17-15-7-8-18-10-16(15)20-13(3)21-17/h4-10,12H,1-3H3,(H,19,20,21)/t12-/m1/s1. The van der Waals surface area contributed by atoms with Crippen molar-refractivity contribution < 1.29 is 0 Å². The van der Waals surface area contributed by atoms with Gasteiger partial charge in [-0.15, -0.1) is 0 Å². The van der Waals surface area contributed by atoms with Crippen LogP contribution in [0.2, 0.25) is 0 Å². The molecule has 0 spiro atoms. The largest absolute Gasteiger partial charge is 0.363 e. The van der Waals surface area contributed by atoms with Crippen molar-refractivity contribution in [2.24, 2.45) is 0 Å². The first-order valence-corrected chi connectivity index (χ1v) is 7.05. The van der Waals surface area contributed by atoms with Crippen molar-refractivity contribution in [3.05, 3.63) is 59.7 Å². The summed E-state index contributed by atoms with van der Waals surface area (Å²) in [7, 11) is 0. The molecule has 4 nitrogen and oxygen atoms in total. The van der Waals surface area contributed by atoms with Gasteiger partial charge < -0.3 is 5.32 Å². The number of aryl methyl sites for hydroxylation is 2. The van der Waals surface area contributed by atoms with Crippen LogP contribution in [-0.4, -0.2) is 15.0 Å². The van der Waals surface area contributed by atoms with Gasteiger partial charge in [-0.1, -0.05) is 29.8 Å². The minimum absolute atomic E-state index is 0.176. The third-order valence-corrected chi connectivity index (χ3v) is 3.51. The quantitative estimate of drug-likeness (QED) is 0.791. The molecule has 4 heteroatoms. The summed E-state index contributed by atoms with van der Waals surface area (Å²) in [6.07, 6.45) is 3.54. The maximum Gasteiger partial charge on any atom is 0.138 e. The summed E-state index contributed by atoms with van der Waals surface area (Å²) in [5, 5.41) is 4.49. The predicted octanol–water partition coefficient (Wildman–Crippen LogP) is 3.81. The molecular formula is C17H18N4. The van der Waals surface area contributed by atoms with Gasteiger partial charge in [0.2, 0.25) is 0 Å². The summed E-state index contributed by atoms with van der Waals surface area (Å²) in [5.41, 5.74) is 3.37. The summed E-state index contributed by atoms with van der Waals surface area (Å²) >= 11 is 0. The Hall–Kier alpha value is -2.49. The van der Waals surface area contributed by atoms with E-state index in [4.69, 9.17) is 0 Å². The second-order valence-corrected chi connectivity index (χ2v) is 5.29. The fourth-order valence-corrected chi connectivity index (χ4v) is 2.43. The zero-order valence-corrected chi connectivity index (χ0v) is 12.5. The molecule has 0 aliphatic heterocycles. The van der Waals surface area contributed by atoms with E-state index in [0.717, 1.165) is 22.5 Å². The van der Waals surface area contributed by atoms with Crippen molar-refractivity contribution in [2.75, 3.05) is 5.32 Å². The van der Waals surface area contributed by atoms with Crippen molar-refractivity contribution >= 4 is 16.7 Å². The van der Waals surface area contributed by atoms with E-state index in [1.165, 1.54) is 11.1 Å². The highest BCUT2D eigenvalue weighted by Crippen LogP contribution is 2.24. The van der Waals surface area contributed by atoms with Crippen LogP contribution in [-0.2, 0) is 0 Å². The number of aromatic nitrogens is 3. The van der Waals surface area contributed by atoms with Gasteiger partial charge in [0.25, 0.3) is 0 Å². The van der Waals surface area contributed by atoms with Crippen LogP contribution < -0.4 is 5.32 Å². The SMILES string of the molecule is Cc1cccc([C@@H](C)Nc2nc(C)nc3cnccc23)c1. The normalized spacial score (nSPS) is 12.3. The van der Waals surface area contributed by atoms with Gasteiger partial charge in [0.05, 0.1) is 11.7 Å². The first kappa shape index (κ1) is 13.5. The highest BCUT2D eigenvalue weighted by atomic mass is 15.0. The Morgan fingerprint density at radius 3 is 2.76 bits per heavy atom.